The predicted molar refractivity (Wildman–Crippen MR) is 103 cm³/mol. The lowest BCUT2D eigenvalue weighted by atomic mass is 10.2. The number of methoxy groups -OCH3 is 2. The zero-order valence-corrected chi connectivity index (χ0v) is 15.7. The molecule has 0 aliphatic rings. The van der Waals surface area contributed by atoms with Gasteiger partial charge in [-0.15, -0.1) is 21.5 Å². The van der Waals surface area contributed by atoms with Crippen molar-refractivity contribution in [3.05, 3.63) is 59.6 Å². The third kappa shape index (κ3) is 3.65. The van der Waals surface area contributed by atoms with Gasteiger partial charge in [-0.25, -0.2) is 4.98 Å². The maximum absolute atomic E-state index is 5.37. The van der Waals surface area contributed by atoms with Gasteiger partial charge in [-0.2, -0.15) is 4.80 Å². The maximum Gasteiger partial charge on any atom is 0.204 e. The van der Waals surface area contributed by atoms with Crippen LogP contribution < -0.4 is 9.47 Å². The molecule has 2 aromatic carbocycles. The fourth-order valence-corrected chi connectivity index (χ4v) is 3.45. The molecule has 0 amide bonds. The Balaban J connectivity index is 1.53. The molecule has 0 fully saturated rings. The van der Waals surface area contributed by atoms with Gasteiger partial charge in [0.25, 0.3) is 0 Å². The summed E-state index contributed by atoms with van der Waals surface area (Å²) in [6.07, 6.45) is 0. The lowest BCUT2D eigenvalue weighted by Crippen LogP contribution is -2.04. The summed E-state index contributed by atoms with van der Waals surface area (Å²) in [4.78, 5) is 6.23. The van der Waals surface area contributed by atoms with Gasteiger partial charge in [-0.3, -0.25) is 0 Å². The Morgan fingerprint density at radius 2 is 1.78 bits per heavy atom. The maximum atomic E-state index is 5.37. The van der Waals surface area contributed by atoms with Crippen molar-refractivity contribution in [2.45, 2.75) is 6.54 Å². The first-order chi connectivity index (χ1) is 13.3. The Kier molecular flexibility index (Phi) is 4.80. The van der Waals surface area contributed by atoms with Crippen LogP contribution in [0.15, 0.2) is 53.9 Å². The van der Waals surface area contributed by atoms with Crippen LogP contribution in [0.2, 0.25) is 0 Å². The van der Waals surface area contributed by atoms with E-state index in [2.05, 4.69) is 20.4 Å². The van der Waals surface area contributed by atoms with Gasteiger partial charge in [0.1, 0.15) is 11.6 Å². The van der Waals surface area contributed by atoms with Gasteiger partial charge in [0.2, 0.25) is 5.82 Å². The topological polar surface area (TPSA) is 75.0 Å². The Labute approximate surface area is 160 Å². The average Bonchev–Trinajstić information content (AvgIpc) is 3.38. The van der Waals surface area contributed by atoms with Gasteiger partial charge in [0.15, 0.2) is 11.5 Å². The van der Waals surface area contributed by atoms with Gasteiger partial charge in [0, 0.05) is 16.5 Å². The molecule has 0 atom stereocenters. The van der Waals surface area contributed by atoms with E-state index in [9.17, 15) is 0 Å². The molecule has 0 radical (unpaired) electrons. The monoisotopic (exact) mass is 379 g/mol. The molecule has 2 aromatic heterocycles. The smallest absolute Gasteiger partial charge is 0.204 e. The minimum atomic E-state index is 0.462. The fourth-order valence-electron chi connectivity index (χ4n) is 2.64. The molecule has 2 heterocycles. The van der Waals surface area contributed by atoms with Crippen LogP contribution in [0.5, 0.6) is 11.5 Å². The third-order valence-electron chi connectivity index (χ3n) is 3.97. The second-order valence-electron chi connectivity index (χ2n) is 5.72. The van der Waals surface area contributed by atoms with Crippen molar-refractivity contribution in [3.63, 3.8) is 0 Å². The van der Waals surface area contributed by atoms with E-state index < -0.39 is 0 Å². The number of benzene rings is 2. The number of rotatable bonds is 6. The number of hydrogen-bond acceptors (Lipinski definition) is 7. The first-order valence-electron chi connectivity index (χ1n) is 8.27. The van der Waals surface area contributed by atoms with Crippen molar-refractivity contribution in [1.29, 1.82) is 0 Å². The van der Waals surface area contributed by atoms with Crippen LogP contribution in [0.25, 0.3) is 22.0 Å². The summed E-state index contributed by atoms with van der Waals surface area (Å²) < 4.78 is 10.6. The third-order valence-corrected chi connectivity index (χ3v) is 4.91. The highest BCUT2D eigenvalue weighted by atomic mass is 32.1. The molecule has 8 heteroatoms. The molecule has 0 spiro atoms. The standard InChI is InChI=1S/C19H17N5O2S/c1-25-16-9-8-14(10-17(16)26-2)19-20-15(12-27-19)11-24-22-18(21-23-24)13-6-4-3-5-7-13/h3-10,12H,11H2,1-2H3. The Morgan fingerprint density at radius 1 is 0.963 bits per heavy atom. The predicted octanol–water partition coefficient (Wildman–Crippen LogP) is 3.53. The fraction of sp³-hybridized carbons (Fsp3) is 0.158. The summed E-state index contributed by atoms with van der Waals surface area (Å²) in [5.74, 6) is 1.97. The number of hydrogen-bond donors (Lipinski definition) is 0. The van der Waals surface area contributed by atoms with Crippen LogP contribution in [0.1, 0.15) is 5.69 Å². The molecule has 4 rings (SSSR count). The lowest BCUT2D eigenvalue weighted by molar-refractivity contribution is 0.355. The lowest BCUT2D eigenvalue weighted by Gasteiger charge is -2.08. The number of tetrazole rings is 1. The van der Waals surface area contributed by atoms with E-state index in [0.717, 1.165) is 21.8 Å². The van der Waals surface area contributed by atoms with Crippen molar-refractivity contribution in [2.24, 2.45) is 0 Å². The highest BCUT2D eigenvalue weighted by molar-refractivity contribution is 7.13. The molecule has 0 saturated heterocycles. The number of nitrogens with zero attached hydrogens (tertiary/aromatic N) is 5. The van der Waals surface area contributed by atoms with E-state index in [1.54, 1.807) is 30.4 Å². The van der Waals surface area contributed by atoms with Crippen molar-refractivity contribution in [1.82, 2.24) is 25.2 Å². The Morgan fingerprint density at radius 3 is 2.56 bits per heavy atom. The second-order valence-corrected chi connectivity index (χ2v) is 6.58. The van der Waals surface area contributed by atoms with Crippen LogP contribution in [-0.2, 0) is 6.54 Å². The summed E-state index contributed by atoms with van der Waals surface area (Å²) in [5.41, 5.74) is 2.79. The van der Waals surface area contributed by atoms with Crippen molar-refractivity contribution < 1.29 is 9.47 Å². The summed E-state index contributed by atoms with van der Waals surface area (Å²) >= 11 is 1.56. The minimum Gasteiger partial charge on any atom is -0.493 e. The second kappa shape index (κ2) is 7.55. The van der Waals surface area contributed by atoms with E-state index in [4.69, 9.17) is 9.47 Å². The van der Waals surface area contributed by atoms with Gasteiger partial charge >= 0.3 is 0 Å². The van der Waals surface area contributed by atoms with Crippen molar-refractivity contribution in [3.8, 4) is 33.5 Å². The van der Waals surface area contributed by atoms with Crippen molar-refractivity contribution >= 4 is 11.3 Å². The molecule has 0 unspecified atom stereocenters. The van der Waals surface area contributed by atoms with Crippen LogP contribution in [-0.4, -0.2) is 39.4 Å². The molecule has 0 aliphatic carbocycles. The average molecular weight is 379 g/mol. The Bertz CT molecular complexity index is 1050. The molecular formula is C19H17N5O2S. The van der Waals surface area contributed by atoms with Gasteiger partial charge < -0.3 is 9.47 Å². The normalized spacial score (nSPS) is 10.7. The largest absolute Gasteiger partial charge is 0.493 e. The summed E-state index contributed by atoms with van der Waals surface area (Å²) in [5, 5.41) is 15.6. The number of aromatic nitrogens is 5. The minimum absolute atomic E-state index is 0.462. The molecule has 0 N–H and O–H groups in total. The zero-order chi connectivity index (χ0) is 18.6. The molecule has 0 aliphatic heterocycles. The van der Waals surface area contributed by atoms with E-state index >= 15 is 0 Å². The van der Waals surface area contributed by atoms with E-state index in [1.807, 2.05) is 53.9 Å². The molecule has 4 aromatic rings. The van der Waals surface area contributed by atoms with Crippen LogP contribution in [0, 0.1) is 0 Å². The van der Waals surface area contributed by atoms with Gasteiger partial charge in [0.05, 0.1) is 19.9 Å². The highest BCUT2D eigenvalue weighted by Crippen LogP contribution is 2.33. The first kappa shape index (κ1) is 17.2. The van der Waals surface area contributed by atoms with E-state index in [1.165, 1.54) is 0 Å². The van der Waals surface area contributed by atoms with Crippen LogP contribution in [0.4, 0.5) is 0 Å². The highest BCUT2D eigenvalue weighted by Gasteiger charge is 2.11. The van der Waals surface area contributed by atoms with Gasteiger partial charge in [-0.05, 0) is 23.4 Å². The first-order valence-corrected chi connectivity index (χ1v) is 9.15. The van der Waals surface area contributed by atoms with Crippen molar-refractivity contribution in [2.75, 3.05) is 14.2 Å². The number of ether oxygens (including phenoxy) is 2. The molecule has 0 bridgehead atoms. The summed E-state index contributed by atoms with van der Waals surface area (Å²) in [6, 6.07) is 15.5. The Hall–Kier alpha value is -3.26. The van der Waals surface area contributed by atoms with Crippen LogP contribution >= 0.6 is 11.3 Å². The summed E-state index contributed by atoms with van der Waals surface area (Å²) in [6.45, 7) is 0.462. The molecular weight excluding hydrogens is 362 g/mol. The number of thiazole rings is 1. The molecule has 136 valence electrons. The quantitative estimate of drug-likeness (QED) is 0.510. The SMILES string of the molecule is COc1ccc(-c2nc(Cn3nnc(-c4ccccc4)n3)cs2)cc1OC. The molecule has 27 heavy (non-hydrogen) atoms. The van der Waals surface area contributed by atoms with Gasteiger partial charge in [-0.1, -0.05) is 30.3 Å². The van der Waals surface area contributed by atoms with E-state index in [0.29, 0.717) is 23.9 Å². The molecule has 7 nitrogen and oxygen atoms in total. The molecule has 0 saturated carbocycles. The summed E-state index contributed by atoms with van der Waals surface area (Å²) in [7, 11) is 3.24. The zero-order valence-electron chi connectivity index (χ0n) is 14.9. The van der Waals surface area contributed by atoms with E-state index in [-0.39, 0.29) is 0 Å². The van der Waals surface area contributed by atoms with Crippen LogP contribution in [0.3, 0.4) is 0 Å².